The number of ether oxygens (including phenoxy) is 1. The van der Waals surface area contributed by atoms with Crippen LogP contribution < -0.4 is 10.1 Å². The molecule has 0 radical (unpaired) electrons. The lowest BCUT2D eigenvalue weighted by Gasteiger charge is -2.29. The van der Waals surface area contributed by atoms with E-state index in [0.29, 0.717) is 12.0 Å². The Kier molecular flexibility index (Phi) is 4.20. The first-order chi connectivity index (χ1) is 10.3. The zero-order chi connectivity index (χ0) is 14.7. The summed E-state index contributed by atoms with van der Waals surface area (Å²) in [6.07, 6.45) is 5.99. The number of fused-ring (bicyclic) bond motifs is 1. The van der Waals surface area contributed by atoms with Crippen molar-refractivity contribution in [3.8, 4) is 5.75 Å². The molecule has 3 nitrogen and oxygen atoms in total. The van der Waals surface area contributed by atoms with E-state index >= 15 is 0 Å². The molecule has 1 aromatic heterocycles. The maximum Gasteiger partial charge on any atom is 0.122 e. The number of nitrogens with zero attached hydrogens (tertiary/aromatic N) is 1. The normalized spacial score (nSPS) is 18.7. The van der Waals surface area contributed by atoms with Crippen molar-refractivity contribution in [2.75, 3.05) is 13.7 Å². The molecule has 110 valence electrons. The molecular weight excluding hydrogens is 260 g/mol. The van der Waals surface area contributed by atoms with Gasteiger partial charge in [0.25, 0.3) is 0 Å². The van der Waals surface area contributed by atoms with Crippen LogP contribution in [0.4, 0.5) is 0 Å². The quantitative estimate of drug-likeness (QED) is 0.930. The largest absolute Gasteiger partial charge is 0.493 e. The molecule has 21 heavy (non-hydrogen) atoms. The van der Waals surface area contributed by atoms with E-state index in [0.717, 1.165) is 25.2 Å². The Bertz CT molecular complexity index is 612. The zero-order valence-corrected chi connectivity index (χ0v) is 12.7. The summed E-state index contributed by atoms with van der Waals surface area (Å²) >= 11 is 0. The first-order valence-corrected chi connectivity index (χ1v) is 7.59. The number of benzene rings is 1. The van der Waals surface area contributed by atoms with Crippen molar-refractivity contribution < 1.29 is 4.74 Å². The summed E-state index contributed by atoms with van der Waals surface area (Å²) in [5.74, 6) is 1.58. The lowest BCUT2D eigenvalue weighted by Crippen LogP contribution is -2.23. The minimum atomic E-state index is 0.329. The van der Waals surface area contributed by atoms with Crippen LogP contribution in [-0.2, 0) is 0 Å². The fourth-order valence-electron chi connectivity index (χ4n) is 3.19. The third-order valence-corrected chi connectivity index (χ3v) is 4.41. The summed E-state index contributed by atoms with van der Waals surface area (Å²) in [5, 5.41) is 3.46. The Morgan fingerprint density at radius 1 is 1.33 bits per heavy atom. The van der Waals surface area contributed by atoms with Crippen molar-refractivity contribution >= 4 is 0 Å². The van der Waals surface area contributed by atoms with Gasteiger partial charge in [-0.2, -0.15) is 0 Å². The van der Waals surface area contributed by atoms with Crippen LogP contribution in [0.5, 0.6) is 5.75 Å². The van der Waals surface area contributed by atoms with Gasteiger partial charge >= 0.3 is 0 Å². The Hall–Kier alpha value is -1.87. The average molecular weight is 282 g/mol. The van der Waals surface area contributed by atoms with Crippen LogP contribution in [-0.4, -0.2) is 18.6 Å². The standard InChI is InChI=1S/C18H22N2O/c1-13-7-9-20-12-16(13)17(19-2)11-14-8-10-21-18-6-4-3-5-15(14)18/h3-7,9,12,14,17,19H,8,10-11H2,1-2H3. The summed E-state index contributed by atoms with van der Waals surface area (Å²) < 4.78 is 5.77. The third kappa shape index (κ3) is 2.93. The molecule has 2 atom stereocenters. The molecule has 0 saturated carbocycles. The Morgan fingerprint density at radius 3 is 3.00 bits per heavy atom. The monoisotopic (exact) mass is 282 g/mol. The number of pyridine rings is 1. The lowest BCUT2D eigenvalue weighted by atomic mass is 9.85. The van der Waals surface area contributed by atoms with Gasteiger partial charge < -0.3 is 10.1 Å². The van der Waals surface area contributed by atoms with Crippen LogP contribution in [0.15, 0.2) is 42.7 Å². The highest BCUT2D eigenvalue weighted by Crippen LogP contribution is 2.39. The second kappa shape index (κ2) is 6.27. The maximum absolute atomic E-state index is 5.77. The molecule has 1 aliphatic rings. The highest BCUT2D eigenvalue weighted by atomic mass is 16.5. The van der Waals surface area contributed by atoms with E-state index in [2.05, 4.69) is 41.5 Å². The van der Waals surface area contributed by atoms with Gasteiger partial charge in [0.15, 0.2) is 0 Å². The van der Waals surface area contributed by atoms with Crippen LogP contribution in [0, 0.1) is 6.92 Å². The number of hydrogen-bond donors (Lipinski definition) is 1. The number of aryl methyl sites for hydroxylation is 1. The molecule has 3 heteroatoms. The van der Waals surface area contributed by atoms with Gasteiger partial charge in [0, 0.05) is 18.4 Å². The number of rotatable bonds is 4. The molecule has 0 fully saturated rings. The smallest absolute Gasteiger partial charge is 0.122 e. The molecular formula is C18H22N2O. The molecule has 1 N–H and O–H groups in total. The van der Waals surface area contributed by atoms with E-state index < -0.39 is 0 Å². The fourth-order valence-corrected chi connectivity index (χ4v) is 3.19. The van der Waals surface area contributed by atoms with Crippen molar-refractivity contribution in [3.05, 3.63) is 59.4 Å². The Morgan fingerprint density at radius 2 is 2.19 bits per heavy atom. The molecule has 2 aromatic rings. The van der Waals surface area contributed by atoms with Crippen LogP contribution >= 0.6 is 0 Å². The molecule has 0 spiro atoms. The highest BCUT2D eigenvalue weighted by Gasteiger charge is 2.25. The first-order valence-electron chi connectivity index (χ1n) is 7.59. The minimum Gasteiger partial charge on any atom is -0.493 e. The van der Waals surface area contributed by atoms with Gasteiger partial charge in [-0.15, -0.1) is 0 Å². The summed E-state index contributed by atoms with van der Waals surface area (Å²) in [6, 6.07) is 10.8. The number of para-hydroxylation sites is 1. The van der Waals surface area contributed by atoms with E-state index in [-0.39, 0.29) is 0 Å². The number of aromatic nitrogens is 1. The topological polar surface area (TPSA) is 34.1 Å². The van der Waals surface area contributed by atoms with E-state index in [1.807, 2.05) is 25.5 Å². The molecule has 0 bridgehead atoms. The molecule has 0 amide bonds. The van der Waals surface area contributed by atoms with Gasteiger partial charge in [-0.25, -0.2) is 0 Å². The summed E-state index contributed by atoms with van der Waals surface area (Å²) in [4.78, 5) is 4.29. The van der Waals surface area contributed by atoms with Crippen LogP contribution in [0.3, 0.4) is 0 Å². The maximum atomic E-state index is 5.77. The van der Waals surface area contributed by atoms with Crippen molar-refractivity contribution in [1.82, 2.24) is 10.3 Å². The molecule has 1 aromatic carbocycles. The highest BCUT2D eigenvalue weighted by molar-refractivity contribution is 5.38. The van der Waals surface area contributed by atoms with Gasteiger partial charge in [0.05, 0.1) is 6.61 Å². The molecule has 2 unspecified atom stereocenters. The molecule has 0 aliphatic carbocycles. The summed E-state index contributed by atoms with van der Waals surface area (Å²) in [5.41, 5.74) is 3.93. The third-order valence-electron chi connectivity index (χ3n) is 4.41. The number of nitrogens with one attached hydrogen (secondary N) is 1. The second-order valence-electron chi connectivity index (χ2n) is 5.68. The van der Waals surface area contributed by atoms with Gasteiger partial charge in [0.2, 0.25) is 0 Å². The van der Waals surface area contributed by atoms with Crippen molar-refractivity contribution in [2.45, 2.75) is 31.7 Å². The molecule has 0 saturated heterocycles. The minimum absolute atomic E-state index is 0.329. The first kappa shape index (κ1) is 14.1. The summed E-state index contributed by atoms with van der Waals surface area (Å²) in [6.45, 7) is 2.96. The lowest BCUT2D eigenvalue weighted by molar-refractivity contribution is 0.256. The van der Waals surface area contributed by atoms with Gasteiger partial charge in [-0.1, -0.05) is 18.2 Å². The van der Waals surface area contributed by atoms with Crippen LogP contribution in [0.2, 0.25) is 0 Å². The van der Waals surface area contributed by atoms with Crippen molar-refractivity contribution in [1.29, 1.82) is 0 Å². The number of hydrogen-bond acceptors (Lipinski definition) is 3. The van der Waals surface area contributed by atoms with Crippen molar-refractivity contribution in [3.63, 3.8) is 0 Å². The fraction of sp³-hybridized carbons (Fsp3) is 0.389. The molecule has 2 heterocycles. The van der Waals surface area contributed by atoms with Gasteiger partial charge in [0.1, 0.15) is 5.75 Å². The van der Waals surface area contributed by atoms with Crippen molar-refractivity contribution in [2.24, 2.45) is 0 Å². The predicted molar refractivity (Wildman–Crippen MR) is 84.7 cm³/mol. The predicted octanol–water partition coefficient (Wildman–Crippen LogP) is 3.61. The van der Waals surface area contributed by atoms with Gasteiger partial charge in [-0.3, -0.25) is 4.98 Å². The van der Waals surface area contributed by atoms with E-state index in [9.17, 15) is 0 Å². The summed E-state index contributed by atoms with van der Waals surface area (Å²) in [7, 11) is 2.03. The molecule has 3 rings (SSSR count). The Balaban J connectivity index is 1.84. The average Bonchev–Trinajstić information content (AvgIpc) is 2.53. The molecule has 1 aliphatic heterocycles. The SMILES string of the molecule is CNC(CC1CCOc2ccccc21)c1cnccc1C. The van der Waals surface area contributed by atoms with E-state index in [1.165, 1.54) is 16.7 Å². The van der Waals surface area contributed by atoms with Gasteiger partial charge in [-0.05, 0) is 61.6 Å². The van der Waals surface area contributed by atoms with E-state index in [4.69, 9.17) is 4.74 Å². The van der Waals surface area contributed by atoms with E-state index in [1.54, 1.807) is 0 Å². The zero-order valence-electron chi connectivity index (χ0n) is 12.7. The van der Waals surface area contributed by atoms with Crippen LogP contribution in [0.1, 0.15) is 41.5 Å². The van der Waals surface area contributed by atoms with Crippen LogP contribution in [0.25, 0.3) is 0 Å². The second-order valence-corrected chi connectivity index (χ2v) is 5.68. The Labute approximate surface area is 126 Å².